The zero-order valence-electron chi connectivity index (χ0n) is 11.3. The number of fused-ring (bicyclic) bond motifs is 1. The van der Waals surface area contributed by atoms with Crippen molar-refractivity contribution in [2.75, 3.05) is 6.61 Å². The highest BCUT2D eigenvalue weighted by Gasteiger charge is 2.26. The number of aliphatic hydroxyl groups excluding tert-OH is 1. The molecule has 106 valence electrons. The molecule has 1 aromatic heterocycles. The van der Waals surface area contributed by atoms with Crippen molar-refractivity contribution in [3.05, 3.63) is 30.0 Å². The summed E-state index contributed by atoms with van der Waals surface area (Å²) in [5.74, 6) is 0.0823. The van der Waals surface area contributed by atoms with Gasteiger partial charge in [0.1, 0.15) is 0 Å². The Bertz CT molecular complexity index is 608. The fraction of sp³-hybridized carbons (Fsp3) is 0.467. The molecule has 2 aromatic rings. The average Bonchev–Trinajstić information content (AvgIpc) is 2.96. The molecule has 0 saturated heterocycles. The fourth-order valence-electron chi connectivity index (χ4n) is 3.02. The van der Waals surface area contributed by atoms with Crippen molar-refractivity contribution in [2.24, 2.45) is 5.92 Å². The van der Waals surface area contributed by atoms with Crippen molar-refractivity contribution in [3.8, 4) is 0 Å². The summed E-state index contributed by atoms with van der Waals surface area (Å²) in [6.07, 6.45) is 5.87. The first-order valence-electron chi connectivity index (χ1n) is 7.13. The van der Waals surface area contributed by atoms with E-state index in [1.165, 1.54) is 0 Å². The van der Waals surface area contributed by atoms with E-state index in [0.29, 0.717) is 5.56 Å². The maximum Gasteiger partial charge on any atom is 0.253 e. The topological polar surface area (TPSA) is 78.0 Å². The van der Waals surface area contributed by atoms with Gasteiger partial charge in [-0.2, -0.15) is 5.10 Å². The van der Waals surface area contributed by atoms with E-state index in [1.54, 1.807) is 12.3 Å². The zero-order chi connectivity index (χ0) is 13.9. The van der Waals surface area contributed by atoms with Gasteiger partial charge in [-0.15, -0.1) is 0 Å². The number of carbonyl (C=O) groups is 1. The van der Waals surface area contributed by atoms with E-state index in [0.717, 1.165) is 36.6 Å². The van der Waals surface area contributed by atoms with Gasteiger partial charge >= 0.3 is 0 Å². The molecule has 3 rings (SSSR count). The van der Waals surface area contributed by atoms with Gasteiger partial charge in [-0.1, -0.05) is 25.0 Å². The third-order valence-electron chi connectivity index (χ3n) is 4.18. The first-order valence-corrected chi connectivity index (χ1v) is 7.13. The second-order valence-corrected chi connectivity index (χ2v) is 5.45. The molecule has 1 aromatic carbocycles. The predicted octanol–water partition coefficient (Wildman–Crippen LogP) is 1.84. The molecule has 0 bridgehead atoms. The number of aromatic amines is 1. The summed E-state index contributed by atoms with van der Waals surface area (Å²) >= 11 is 0. The first-order chi connectivity index (χ1) is 9.79. The van der Waals surface area contributed by atoms with Gasteiger partial charge < -0.3 is 10.4 Å². The number of carbonyl (C=O) groups excluding carboxylic acids is 1. The largest absolute Gasteiger partial charge is 0.396 e. The Hall–Kier alpha value is -1.88. The summed E-state index contributed by atoms with van der Waals surface area (Å²) in [4.78, 5) is 12.4. The Morgan fingerprint density at radius 2 is 2.25 bits per heavy atom. The van der Waals surface area contributed by atoms with Gasteiger partial charge in [-0.25, -0.2) is 0 Å². The summed E-state index contributed by atoms with van der Waals surface area (Å²) in [5, 5.41) is 20.3. The van der Waals surface area contributed by atoms with Crippen LogP contribution in [0.15, 0.2) is 24.4 Å². The smallest absolute Gasteiger partial charge is 0.253 e. The van der Waals surface area contributed by atoms with E-state index < -0.39 is 0 Å². The number of hydrogen-bond acceptors (Lipinski definition) is 3. The van der Waals surface area contributed by atoms with E-state index in [2.05, 4.69) is 15.5 Å². The summed E-state index contributed by atoms with van der Waals surface area (Å²) in [5.41, 5.74) is 1.38. The van der Waals surface area contributed by atoms with Gasteiger partial charge in [-0.3, -0.25) is 9.89 Å². The van der Waals surface area contributed by atoms with Gasteiger partial charge in [-0.05, 0) is 18.9 Å². The molecule has 2 atom stereocenters. The molecule has 1 amide bonds. The van der Waals surface area contributed by atoms with Crippen LogP contribution in [-0.4, -0.2) is 33.9 Å². The van der Waals surface area contributed by atoms with Gasteiger partial charge in [0, 0.05) is 24.0 Å². The van der Waals surface area contributed by atoms with Crippen LogP contribution < -0.4 is 5.32 Å². The minimum Gasteiger partial charge on any atom is -0.396 e. The van der Waals surface area contributed by atoms with E-state index in [4.69, 9.17) is 0 Å². The number of aromatic nitrogens is 2. The van der Waals surface area contributed by atoms with Crippen LogP contribution >= 0.6 is 0 Å². The lowest BCUT2D eigenvalue weighted by atomic mass is 9.85. The third-order valence-corrected chi connectivity index (χ3v) is 4.18. The van der Waals surface area contributed by atoms with Gasteiger partial charge in [0.25, 0.3) is 5.91 Å². The van der Waals surface area contributed by atoms with Crippen molar-refractivity contribution >= 4 is 16.8 Å². The second kappa shape index (κ2) is 5.63. The summed E-state index contributed by atoms with van der Waals surface area (Å²) in [7, 11) is 0. The minimum absolute atomic E-state index is 0.0689. The zero-order valence-corrected chi connectivity index (χ0v) is 11.3. The lowest BCUT2D eigenvalue weighted by Gasteiger charge is -2.30. The van der Waals surface area contributed by atoms with Crippen LogP contribution in [0, 0.1) is 5.92 Å². The lowest BCUT2D eigenvalue weighted by molar-refractivity contribution is 0.0874. The number of aliphatic hydroxyl groups is 1. The Labute approximate surface area is 117 Å². The highest BCUT2D eigenvalue weighted by Crippen LogP contribution is 2.24. The SMILES string of the molecule is O=C(NC1CCCCC1CO)c1cccc2cn[nH]c12. The molecule has 2 unspecified atom stereocenters. The van der Waals surface area contributed by atoms with Crippen LogP contribution in [0.25, 0.3) is 10.9 Å². The Morgan fingerprint density at radius 1 is 1.40 bits per heavy atom. The summed E-state index contributed by atoms with van der Waals surface area (Å²) in [6.45, 7) is 0.138. The molecule has 3 N–H and O–H groups in total. The highest BCUT2D eigenvalue weighted by atomic mass is 16.3. The van der Waals surface area contributed by atoms with Crippen LogP contribution in [0.1, 0.15) is 36.0 Å². The molecular weight excluding hydrogens is 254 g/mol. The predicted molar refractivity (Wildman–Crippen MR) is 76.4 cm³/mol. The molecule has 1 aliphatic rings. The first kappa shape index (κ1) is 13.1. The monoisotopic (exact) mass is 273 g/mol. The number of nitrogens with zero attached hydrogens (tertiary/aromatic N) is 1. The van der Waals surface area contributed by atoms with Crippen LogP contribution in [-0.2, 0) is 0 Å². The molecule has 5 heteroatoms. The van der Waals surface area contributed by atoms with Gasteiger partial charge in [0.15, 0.2) is 0 Å². The number of nitrogens with one attached hydrogen (secondary N) is 2. The molecule has 0 aliphatic heterocycles. The molecule has 5 nitrogen and oxygen atoms in total. The van der Waals surface area contributed by atoms with Crippen LogP contribution in [0.4, 0.5) is 0 Å². The Balaban J connectivity index is 1.80. The summed E-state index contributed by atoms with van der Waals surface area (Å²) < 4.78 is 0. The Morgan fingerprint density at radius 3 is 3.10 bits per heavy atom. The van der Waals surface area contributed by atoms with Crippen molar-refractivity contribution in [1.29, 1.82) is 0 Å². The molecule has 1 aliphatic carbocycles. The Kier molecular flexibility index (Phi) is 3.69. The molecule has 1 saturated carbocycles. The third kappa shape index (κ3) is 2.41. The summed E-state index contributed by atoms with van der Waals surface area (Å²) in [6, 6.07) is 5.65. The van der Waals surface area contributed by atoms with E-state index >= 15 is 0 Å². The normalized spacial score (nSPS) is 22.9. The number of para-hydroxylation sites is 1. The van der Waals surface area contributed by atoms with E-state index in [-0.39, 0.29) is 24.5 Å². The maximum absolute atomic E-state index is 12.4. The number of hydrogen-bond donors (Lipinski definition) is 3. The number of amides is 1. The highest BCUT2D eigenvalue weighted by molar-refractivity contribution is 6.05. The van der Waals surface area contributed by atoms with Crippen molar-refractivity contribution < 1.29 is 9.90 Å². The van der Waals surface area contributed by atoms with Crippen molar-refractivity contribution in [3.63, 3.8) is 0 Å². The number of H-pyrrole nitrogens is 1. The van der Waals surface area contributed by atoms with Crippen molar-refractivity contribution in [2.45, 2.75) is 31.7 Å². The standard InChI is InChI=1S/C15H19N3O2/c19-9-11-4-1-2-7-13(11)17-15(20)12-6-3-5-10-8-16-18-14(10)12/h3,5-6,8,11,13,19H,1-2,4,7,9H2,(H,16,18)(H,17,20). The van der Waals surface area contributed by atoms with Crippen LogP contribution in [0.5, 0.6) is 0 Å². The molecule has 0 radical (unpaired) electrons. The molecule has 20 heavy (non-hydrogen) atoms. The average molecular weight is 273 g/mol. The van der Waals surface area contributed by atoms with Crippen LogP contribution in [0.3, 0.4) is 0 Å². The minimum atomic E-state index is -0.0924. The van der Waals surface area contributed by atoms with E-state index in [9.17, 15) is 9.90 Å². The molecule has 1 fully saturated rings. The van der Waals surface area contributed by atoms with Gasteiger partial charge in [0.05, 0.1) is 17.3 Å². The fourth-order valence-corrected chi connectivity index (χ4v) is 3.02. The second-order valence-electron chi connectivity index (χ2n) is 5.45. The van der Waals surface area contributed by atoms with Gasteiger partial charge in [0.2, 0.25) is 0 Å². The molecular formula is C15H19N3O2. The number of benzene rings is 1. The maximum atomic E-state index is 12.4. The van der Waals surface area contributed by atoms with Crippen LogP contribution in [0.2, 0.25) is 0 Å². The molecule has 0 spiro atoms. The van der Waals surface area contributed by atoms with E-state index in [1.807, 2.05) is 12.1 Å². The van der Waals surface area contributed by atoms with Crippen molar-refractivity contribution in [1.82, 2.24) is 15.5 Å². The quantitative estimate of drug-likeness (QED) is 0.798. The molecule has 1 heterocycles. The lowest BCUT2D eigenvalue weighted by Crippen LogP contribution is -2.43. The number of rotatable bonds is 3.